The maximum absolute atomic E-state index is 7.47. The molecule has 0 amide bonds. The number of ether oxygens (including phenoxy) is 2. The largest absolute Gasteiger partial charge is 0.496 e. The summed E-state index contributed by atoms with van der Waals surface area (Å²) in [5, 5.41) is 7.47. The highest BCUT2D eigenvalue weighted by Gasteiger charge is 2.07. The first-order valence-corrected chi connectivity index (χ1v) is 6.79. The van der Waals surface area contributed by atoms with Crippen LogP contribution in [0.1, 0.15) is 11.1 Å². The first kappa shape index (κ1) is 14.4. The van der Waals surface area contributed by atoms with Gasteiger partial charge in [-0.15, -0.1) is 0 Å². The summed E-state index contributed by atoms with van der Waals surface area (Å²) in [6.07, 6.45) is 0. The van der Waals surface area contributed by atoms with Gasteiger partial charge in [-0.2, -0.15) is 0 Å². The lowest BCUT2D eigenvalue weighted by Gasteiger charge is -2.12. The van der Waals surface area contributed by atoms with Crippen LogP contribution in [0.2, 0.25) is 0 Å². The molecule has 0 radical (unpaired) electrons. The second kappa shape index (κ2) is 6.43. The average molecular weight is 335 g/mol. The zero-order valence-corrected chi connectivity index (χ0v) is 12.6. The van der Waals surface area contributed by atoms with Gasteiger partial charge in [0.1, 0.15) is 23.9 Å². The molecule has 2 aromatic carbocycles. The Balaban J connectivity index is 2.19. The van der Waals surface area contributed by atoms with Crippen molar-refractivity contribution >= 4 is 21.8 Å². The van der Waals surface area contributed by atoms with Gasteiger partial charge in [-0.1, -0.05) is 22.0 Å². The Bertz CT molecular complexity index is 629. The molecular weight excluding hydrogens is 320 g/mol. The molecule has 3 N–H and O–H groups in total. The average Bonchev–Trinajstić information content (AvgIpc) is 2.44. The van der Waals surface area contributed by atoms with Gasteiger partial charge >= 0.3 is 0 Å². The van der Waals surface area contributed by atoms with Crippen LogP contribution < -0.4 is 15.2 Å². The molecule has 2 aromatic rings. The molecule has 20 heavy (non-hydrogen) atoms. The van der Waals surface area contributed by atoms with Crippen LogP contribution in [0.3, 0.4) is 0 Å². The number of rotatable bonds is 5. The van der Waals surface area contributed by atoms with Crippen molar-refractivity contribution in [3.8, 4) is 11.5 Å². The minimum Gasteiger partial charge on any atom is -0.496 e. The summed E-state index contributed by atoms with van der Waals surface area (Å²) >= 11 is 3.40. The molecule has 104 valence electrons. The molecule has 2 rings (SSSR count). The first-order chi connectivity index (χ1) is 9.60. The van der Waals surface area contributed by atoms with Crippen LogP contribution in [0, 0.1) is 5.41 Å². The lowest BCUT2D eigenvalue weighted by molar-refractivity contribution is 0.296. The van der Waals surface area contributed by atoms with E-state index >= 15 is 0 Å². The van der Waals surface area contributed by atoms with E-state index in [-0.39, 0.29) is 5.84 Å². The third-order valence-electron chi connectivity index (χ3n) is 2.78. The summed E-state index contributed by atoms with van der Waals surface area (Å²) in [4.78, 5) is 0. The monoisotopic (exact) mass is 334 g/mol. The number of benzene rings is 2. The quantitative estimate of drug-likeness (QED) is 0.651. The Morgan fingerprint density at radius 1 is 1.25 bits per heavy atom. The van der Waals surface area contributed by atoms with Gasteiger partial charge in [0.05, 0.1) is 7.11 Å². The van der Waals surface area contributed by atoms with Crippen molar-refractivity contribution in [3.05, 3.63) is 58.1 Å². The smallest absolute Gasteiger partial charge is 0.125 e. The van der Waals surface area contributed by atoms with E-state index < -0.39 is 0 Å². The molecule has 0 fully saturated rings. The Labute approximate surface area is 126 Å². The second-order valence-corrected chi connectivity index (χ2v) is 5.10. The maximum Gasteiger partial charge on any atom is 0.125 e. The predicted molar refractivity (Wildman–Crippen MR) is 82.5 cm³/mol. The molecule has 0 aromatic heterocycles. The number of amidine groups is 1. The van der Waals surface area contributed by atoms with Gasteiger partial charge in [-0.05, 0) is 36.4 Å². The number of hydrogen-bond acceptors (Lipinski definition) is 3. The van der Waals surface area contributed by atoms with E-state index in [1.807, 2.05) is 24.3 Å². The second-order valence-electron chi connectivity index (χ2n) is 4.19. The van der Waals surface area contributed by atoms with Gasteiger partial charge in [-0.25, -0.2) is 0 Å². The van der Waals surface area contributed by atoms with Gasteiger partial charge in [0.2, 0.25) is 0 Å². The normalized spacial score (nSPS) is 10.1. The van der Waals surface area contributed by atoms with Crippen molar-refractivity contribution in [3.63, 3.8) is 0 Å². The molecule has 4 nitrogen and oxygen atoms in total. The minimum absolute atomic E-state index is 0.0244. The fraction of sp³-hybridized carbons (Fsp3) is 0.133. The fourth-order valence-corrected chi connectivity index (χ4v) is 2.16. The van der Waals surface area contributed by atoms with E-state index in [1.165, 1.54) is 0 Å². The number of nitrogen functional groups attached to an aromatic ring is 1. The summed E-state index contributed by atoms with van der Waals surface area (Å²) in [6, 6.07) is 13.0. The Morgan fingerprint density at radius 3 is 2.70 bits per heavy atom. The lowest BCUT2D eigenvalue weighted by atomic mass is 10.1. The topological polar surface area (TPSA) is 68.3 Å². The summed E-state index contributed by atoms with van der Waals surface area (Å²) < 4.78 is 12.0. The number of halogens is 1. The number of hydrogen-bond donors (Lipinski definition) is 2. The zero-order valence-electron chi connectivity index (χ0n) is 11.0. The minimum atomic E-state index is 0.0244. The standard InChI is InChI=1S/C15H15BrN2O2/c1-19-14-6-5-10(15(17)18)7-11(14)9-20-13-4-2-3-12(16)8-13/h2-8H,9H2,1H3,(H3,17,18). The molecule has 5 heteroatoms. The first-order valence-electron chi connectivity index (χ1n) is 6.00. The van der Waals surface area contributed by atoms with Crippen LogP contribution in [-0.2, 0) is 6.61 Å². The van der Waals surface area contributed by atoms with E-state index in [0.29, 0.717) is 17.9 Å². The van der Waals surface area contributed by atoms with Crippen molar-refractivity contribution in [1.82, 2.24) is 0 Å². The summed E-state index contributed by atoms with van der Waals surface area (Å²) in [5.41, 5.74) is 7.00. The van der Waals surface area contributed by atoms with Crippen LogP contribution >= 0.6 is 15.9 Å². The number of nitrogens with two attached hydrogens (primary N) is 1. The van der Waals surface area contributed by atoms with Crippen LogP contribution in [0.5, 0.6) is 11.5 Å². The van der Waals surface area contributed by atoms with E-state index in [0.717, 1.165) is 15.8 Å². The molecule has 0 aliphatic heterocycles. The van der Waals surface area contributed by atoms with Gasteiger partial charge in [-0.3, -0.25) is 5.41 Å². The van der Waals surface area contributed by atoms with Crippen LogP contribution in [-0.4, -0.2) is 12.9 Å². The Hall–Kier alpha value is -2.01. The molecular formula is C15H15BrN2O2. The van der Waals surface area contributed by atoms with E-state index in [2.05, 4.69) is 15.9 Å². The summed E-state index contributed by atoms with van der Waals surface area (Å²) in [7, 11) is 1.60. The van der Waals surface area contributed by atoms with E-state index in [1.54, 1.807) is 25.3 Å². The maximum atomic E-state index is 7.47. The summed E-state index contributed by atoms with van der Waals surface area (Å²) in [5.74, 6) is 1.50. The SMILES string of the molecule is COc1ccc(C(=N)N)cc1COc1cccc(Br)c1. The Kier molecular flexibility index (Phi) is 4.63. The highest BCUT2D eigenvalue weighted by molar-refractivity contribution is 9.10. The van der Waals surface area contributed by atoms with Crippen molar-refractivity contribution in [1.29, 1.82) is 5.41 Å². The van der Waals surface area contributed by atoms with Crippen LogP contribution in [0.25, 0.3) is 0 Å². The third kappa shape index (κ3) is 3.51. The fourth-order valence-electron chi connectivity index (χ4n) is 1.78. The van der Waals surface area contributed by atoms with Gasteiger partial charge in [0.15, 0.2) is 0 Å². The third-order valence-corrected chi connectivity index (χ3v) is 3.28. The molecule has 0 saturated carbocycles. The molecule has 0 saturated heterocycles. The van der Waals surface area contributed by atoms with Gasteiger partial charge in [0, 0.05) is 15.6 Å². The molecule has 0 aliphatic carbocycles. The lowest BCUT2D eigenvalue weighted by Crippen LogP contribution is -2.12. The molecule has 0 spiro atoms. The highest BCUT2D eigenvalue weighted by atomic mass is 79.9. The van der Waals surface area contributed by atoms with Gasteiger partial charge < -0.3 is 15.2 Å². The number of methoxy groups -OCH3 is 1. The molecule has 0 bridgehead atoms. The molecule has 0 atom stereocenters. The van der Waals surface area contributed by atoms with Crippen molar-refractivity contribution in [2.45, 2.75) is 6.61 Å². The van der Waals surface area contributed by atoms with Crippen LogP contribution in [0.4, 0.5) is 0 Å². The number of nitrogens with one attached hydrogen (secondary N) is 1. The van der Waals surface area contributed by atoms with Gasteiger partial charge in [0.25, 0.3) is 0 Å². The predicted octanol–water partition coefficient (Wildman–Crippen LogP) is 3.32. The molecule has 0 heterocycles. The molecule has 0 unspecified atom stereocenters. The van der Waals surface area contributed by atoms with E-state index in [4.69, 9.17) is 20.6 Å². The Morgan fingerprint density at radius 2 is 2.05 bits per heavy atom. The highest BCUT2D eigenvalue weighted by Crippen LogP contribution is 2.23. The van der Waals surface area contributed by atoms with Crippen molar-refractivity contribution in [2.24, 2.45) is 5.73 Å². The van der Waals surface area contributed by atoms with E-state index in [9.17, 15) is 0 Å². The molecule has 0 aliphatic rings. The summed E-state index contributed by atoms with van der Waals surface area (Å²) in [6.45, 7) is 0.348. The van der Waals surface area contributed by atoms with Crippen molar-refractivity contribution in [2.75, 3.05) is 7.11 Å². The van der Waals surface area contributed by atoms with Crippen LogP contribution in [0.15, 0.2) is 46.9 Å². The van der Waals surface area contributed by atoms with Crippen molar-refractivity contribution < 1.29 is 9.47 Å². The zero-order chi connectivity index (χ0) is 14.5.